The number of carbonyl (C=O) groups is 2. The molecule has 0 unspecified atom stereocenters. The molecule has 1 aromatic heterocycles. The van der Waals surface area contributed by atoms with E-state index in [1.807, 2.05) is 0 Å². The quantitative estimate of drug-likeness (QED) is 0.841. The van der Waals surface area contributed by atoms with Crippen LogP contribution >= 0.6 is 0 Å². The van der Waals surface area contributed by atoms with Crippen LogP contribution < -0.4 is 5.32 Å². The van der Waals surface area contributed by atoms with E-state index in [0.717, 1.165) is 12.1 Å². The van der Waals surface area contributed by atoms with Crippen LogP contribution in [0, 0.1) is 5.82 Å². The van der Waals surface area contributed by atoms with Gasteiger partial charge in [-0.1, -0.05) is 0 Å². The fourth-order valence-corrected chi connectivity index (χ4v) is 1.68. The monoisotopic (exact) mass is 290 g/mol. The van der Waals surface area contributed by atoms with E-state index in [-0.39, 0.29) is 17.1 Å². The summed E-state index contributed by atoms with van der Waals surface area (Å²) in [5.41, 5.74) is 0.0128. The smallest absolute Gasteiger partial charge is 0.341 e. The molecule has 0 aliphatic carbocycles. The number of aromatic nitrogens is 1. The number of methoxy groups -OCH3 is 1. The molecule has 0 saturated carbocycles. The van der Waals surface area contributed by atoms with Gasteiger partial charge in [0, 0.05) is 11.9 Å². The van der Waals surface area contributed by atoms with E-state index in [2.05, 4.69) is 15.0 Å². The summed E-state index contributed by atoms with van der Waals surface area (Å²) >= 11 is 0. The van der Waals surface area contributed by atoms with Gasteiger partial charge in [-0.15, -0.1) is 0 Å². The van der Waals surface area contributed by atoms with Gasteiger partial charge in [0.2, 0.25) is 0 Å². The van der Waals surface area contributed by atoms with Gasteiger partial charge in [0.25, 0.3) is 0 Å². The van der Waals surface area contributed by atoms with Crippen LogP contribution in [0.15, 0.2) is 36.5 Å². The molecule has 0 spiro atoms. The summed E-state index contributed by atoms with van der Waals surface area (Å²) in [6.07, 6.45) is 1.46. The van der Waals surface area contributed by atoms with Crippen molar-refractivity contribution >= 4 is 23.4 Å². The van der Waals surface area contributed by atoms with Gasteiger partial charge in [-0.3, -0.25) is 0 Å². The Labute approximate surface area is 119 Å². The maximum atomic E-state index is 13.6. The highest BCUT2D eigenvalue weighted by atomic mass is 19.1. The molecule has 0 saturated heterocycles. The number of rotatable bonds is 4. The molecule has 0 radical (unpaired) electrons. The number of nitrogens with one attached hydrogen (secondary N) is 1. The normalized spacial score (nSPS) is 10.0. The van der Waals surface area contributed by atoms with Crippen molar-refractivity contribution in [3.05, 3.63) is 53.5 Å². The van der Waals surface area contributed by atoms with E-state index in [1.54, 1.807) is 6.07 Å². The summed E-state index contributed by atoms with van der Waals surface area (Å²) in [4.78, 5) is 26.3. The van der Waals surface area contributed by atoms with Gasteiger partial charge in [-0.05, 0) is 30.3 Å². The van der Waals surface area contributed by atoms with E-state index in [9.17, 15) is 14.0 Å². The summed E-state index contributed by atoms with van der Waals surface area (Å²) < 4.78 is 18.2. The third-order valence-electron chi connectivity index (χ3n) is 2.68. The van der Waals surface area contributed by atoms with Gasteiger partial charge in [0.1, 0.15) is 17.2 Å². The number of ether oxygens (including phenoxy) is 1. The Bertz CT molecular complexity index is 703. The Kier molecular flexibility index (Phi) is 4.13. The Balaban J connectivity index is 2.33. The number of carbonyl (C=O) groups excluding carboxylic acids is 1. The van der Waals surface area contributed by atoms with Gasteiger partial charge in [-0.25, -0.2) is 19.0 Å². The minimum Gasteiger partial charge on any atom is -0.478 e. The highest BCUT2D eigenvalue weighted by Crippen LogP contribution is 2.21. The van der Waals surface area contributed by atoms with Crippen molar-refractivity contribution in [1.29, 1.82) is 0 Å². The highest BCUT2D eigenvalue weighted by molar-refractivity contribution is 5.95. The molecule has 21 heavy (non-hydrogen) atoms. The number of hydrogen-bond acceptors (Lipinski definition) is 5. The number of anilines is 2. The summed E-state index contributed by atoms with van der Waals surface area (Å²) in [6, 6.07) is 6.58. The van der Waals surface area contributed by atoms with Crippen LogP contribution in [-0.4, -0.2) is 29.1 Å². The van der Waals surface area contributed by atoms with Gasteiger partial charge in [0.15, 0.2) is 0 Å². The van der Waals surface area contributed by atoms with Crippen LogP contribution in [0.25, 0.3) is 0 Å². The molecular weight excluding hydrogens is 279 g/mol. The second-order valence-electron chi connectivity index (χ2n) is 4.02. The number of nitrogens with zero attached hydrogens (tertiary/aromatic N) is 1. The lowest BCUT2D eigenvalue weighted by Gasteiger charge is -2.10. The zero-order valence-corrected chi connectivity index (χ0v) is 11.0. The van der Waals surface area contributed by atoms with E-state index in [0.29, 0.717) is 0 Å². The maximum Gasteiger partial charge on any atom is 0.341 e. The van der Waals surface area contributed by atoms with Crippen molar-refractivity contribution < 1.29 is 23.8 Å². The van der Waals surface area contributed by atoms with Gasteiger partial charge in [-0.2, -0.15) is 0 Å². The number of aromatic carboxylic acids is 1. The second-order valence-corrected chi connectivity index (χ2v) is 4.02. The molecule has 7 heteroatoms. The van der Waals surface area contributed by atoms with Crippen molar-refractivity contribution in [3.8, 4) is 0 Å². The van der Waals surface area contributed by atoms with E-state index >= 15 is 0 Å². The first-order valence-electron chi connectivity index (χ1n) is 5.86. The Morgan fingerprint density at radius 3 is 2.67 bits per heavy atom. The van der Waals surface area contributed by atoms with Crippen molar-refractivity contribution in [1.82, 2.24) is 4.98 Å². The minimum atomic E-state index is -1.35. The second kappa shape index (κ2) is 6.00. The van der Waals surface area contributed by atoms with Crippen LogP contribution in [-0.2, 0) is 4.74 Å². The number of carboxylic acids is 1. The Hall–Kier alpha value is -2.96. The Morgan fingerprint density at radius 1 is 1.29 bits per heavy atom. The van der Waals surface area contributed by atoms with Crippen LogP contribution in [0.2, 0.25) is 0 Å². The predicted octanol–water partition coefficient (Wildman–Crippen LogP) is 2.45. The van der Waals surface area contributed by atoms with Crippen molar-refractivity contribution in [2.24, 2.45) is 0 Å². The summed E-state index contributed by atoms with van der Waals surface area (Å²) in [7, 11) is 1.24. The summed E-state index contributed by atoms with van der Waals surface area (Å²) in [6.45, 7) is 0. The number of pyridine rings is 1. The molecule has 2 rings (SSSR count). The van der Waals surface area contributed by atoms with Crippen molar-refractivity contribution in [3.63, 3.8) is 0 Å². The number of hydrogen-bond donors (Lipinski definition) is 2. The maximum absolute atomic E-state index is 13.6. The molecule has 0 atom stereocenters. The fraction of sp³-hybridized carbons (Fsp3) is 0.0714. The fourth-order valence-electron chi connectivity index (χ4n) is 1.68. The topological polar surface area (TPSA) is 88.5 Å². The van der Waals surface area contributed by atoms with E-state index in [4.69, 9.17) is 5.11 Å². The Morgan fingerprint density at radius 2 is 2.05 bits per heavy atom. The molecule has 2 N–H and O–H groups in total. The van der Waals surface area contributed by atoms with Gasteiger partial charge >= 0.3 is 11.9 Å². The van der Waals surface area contributed by atoms with Crippen LogP contribution in [0.1, 0.15) is 20.7 Å². The molecule has 0 fully saturated rings. The van der Waals surface area contributed by atoms with Crippen LogP contribution in [0.5, 0.6) is 0 Å². The lowest BCUT2D eigenvalue weighted by atomic mass is 10.2. The molecule has 1 heterocycles. The lowest BCUT2D eigenvalue weighted by Crippen LogP contribution is -2.07. The molecule has 1 aromatic carbocycles. The number of carboxylic acid groups (broad SMARTS) is 1. The van der Waals surface area contributed by atoms with Gasteiger partial charge in [0.05, 0.1) is 12.7 Å². The van der Waals surface area contributed by atoms with Gasteiger partial charge < -0.3 is 15.2 Å². The van der Waals surface area contributed by atoms with E-state index < -0.39 is 23.3 Å². The molecule has 0 aliphatic rings. The molecule has 0 amide bonds. The largest absolute Gasteiger partial charge is 0.478 e. The number of esters is 1. The van der Waals surface area contributed by atoms with Crippen LogP contribution in [0.3, 0.4) is 0 Å². The van der Waals surface area contributed by atoms with Crippen molar-refractivity contribution in [2.45, 2.75) is 0 Å². The SMILES string of the molecule is COC(=O)c1cccnc1Nc1ccc(C(=O)O)c(F)c1. The number of halogens is 1. The minimum absolute atomic E-state index is 0.183. The molecule has 0 aliphatic heterocycles. The molecule has 2 aromatic rings. The first kappa shape index (κ1) is 14.4. The molecular formula is C14H11FN2O4. The van der Waals surface area contributed by atoms with Crippen LogP contribution in [0.4, 0.5) is 15.9 Å². The first-order valence-corrected chi connectivity index (χ1v) is 5.86. The third-order valence-corrected chi connectivity index (χ3v) is 2.68. The summed E-state index contributed by atoms with van der Waals surface area (Å²) in [5.74, 6) is -2.64. The standard InChI is InChI=1S/C14H11FN2O4/c1-21-14(20)10-3-2-6-16-12(10)17-8-4-5-9(13(18)19)11(15)7-8/h2-7H,1H3,(H,16,17)(H,18,19). The average molecular weight is 290 g/mol. The zero-order chi connectivity index (χ0) is 15.4. The molecule has 108 valence electrons. The lowest BCUT2D eigenvalue weighted by molar-refractivity contribution is 0.0600. The molecule has 0 bridgehead atoms. The zero-order valence-electron chi connectivity index (χ0n) is 11.0. The first-order chi connectivity index (χ1) is 10.0. The predicted molar refractivity (Wildman–Crippen MR) is 72.2 cm³/mol. The highest BCUT2D eigenvalue weighted by Gasteiger charge is 2.14. The third kappa shape index (κ3) is 3.14. The molecule has 6 nitrogen and oxygen atoms in total. The number of benzene rings is 1. The average Bonchev–Trinajstić information content (AvgIpc) is 2.46. The summed E-state index contributed by atoms with van der Waals surface area (Å²) in [5, 5.41) is 11.5. The van der Waals surface area contributed by atoms with E-state index in [1.165, 1.54) is 25.4 Å². The van der Waals surface area contributed by atoms with Crippen molar-refractivity contribution in [2.75, 3.05) is 12.4 Å².